The molecule has 2 rings (SSSR count). The third-order valence-corrected chi connectivity index (χ3v) is 5.39. The third-order valence-electron chi connectivity index (χ3n) is 4.47. The molecule has 0 spiro atoms. The number of carbonyl (C=O) groups excluding carboxylic acids is 1. The van der Waals surface area contributed by atoms with Crippen molar-refractivity contribution in [2.24, 2.45) is 0 Å². The summed E-state index contributed by atoms with van der Waals surface area (Å²) in [5.74, 6) is 0.821. The first-order chi connectivity index (χ1) is 12.3. The lowest BCUT2D eigenvalue weighted by atomic mass is 10.2. The fourth-order valence-corrected chi connectivity index (χ4v) is 3.23. The highest BCUT2D eigenvalue weighted by Gasteiger charge is 2.22. The van der Waals surface area contributed by atoms with Gasteiger partial charge in [-0.1, -0.05) is 19.1 Å². The normalized spacial score (nSPS) is 17.0. The summed E-state index contributed by atoms with van der Waals surface area (Å²) in [6.45, 7) is 7.05. The second kappa shape index (κ2) is 9.23. The minimum atomic E-state index is -2.96. The van der Waals surface area contributed by atoms with Crippen molar-refractivity contribution in [1.82, 2.24) is 9.80 Å². The standard InChI is InChI=1S/C18H29N3O4S/c1-4-15(2)25-17-8-6-5-7-16(17)19-18(22)21-11-9-20(10-12-21)13-14-26(3,23)24/h5-8,15H,4,9-14H2,1-3H3,(H,19,22). The zero-order valence-corrected chi connectivity index (χ0v) is 16.6. The minimum Gasteiger partial charge on any atom is -0.489 e. The Labute approximate surface area is 156 Å². The van der Waals surface area contributed by atoms with Crippen molar-refractivity contribution >= 4 is 21.6 Å². The minimum absolute atomic E-state index is 0.0754. The molecule has 146 valence electrons. The van der Waals surface area contributed by atoms with Crippen molar-refractivity contribution in [3.63, 3.8) is 0 Å². The van der Waals surface area contributed by atoms with Gasteiger partial charge in [0.15, 0.2) is 0 Å². The Balaban J connectivity index is 1.88. The van der Waals surface area contributed by atoms with Crippen LogP contribution in [0.15, 0.2) is 24.3 Å². The average Bonchev–Trinajstić information content (AvgIpc) is 2.61. The molecule has 0 bridgehead atoms. The SMILES string of the molecule is CCC(C)Oc1ccccc1NC(=O)N1CCN(CCS(C)(=O)=O)CC1. The zero-order chi connectivity index (χ0) is 19.2. The largest absolute Gasteiger partial charge is 0.489 e. The fourth-order valence-electron chi connectivity index (χ4n) is 2.64. The number of anilines is 1. The van der Waals surface area contributed by atoms with E-state index in [0.29, 0.717) is 44.2 Å². The van der Waals surface area contributed by atoms with Crippen molar-refractivity contribution in [3.8, 4) is 5.75 Å². The Kier molecular flexibility index (Phi) is 7.28. The van der Waals surface area contributed by atoms with Crippen LogP contribution in [-0.4, -0.2) is 75.1 Å². The molecular weight excluding hydrogens is 354 g/mol. The zero-order valence-electron chi connectivity index (χ0n) is 15.8. The first-order valence-electron chi connectivity index (χ1n) is 9.00. The van der Waals surface area contributed by atoms with E-state index in [1.165, 1.54) is 6.26 Å². The molecule has 1 aromatic rings. The van der Waals surface area contributed by atoms with Gasteiger partial charge in [-0.15, -0.1) is 0 Å². The summed E-state index contributed by atoms with van der Waals surface area (Å²) in [4.78, 5) is 16.4. The molecular formula is C18H29N3O4S. The van der Waals surface area contributed by atoms with E-state index in [2.05, 4.69) is 17.1 Å². The van der Waals surface area contributed by atoms with Crippen LogP contribution in [0.1, 0.15) is 20.3 Å². The van der Waals surface area contributed by atoms with Crippen LogP contribution in [0.4, 0.5) is 10.5 Å². The lowest BCUT2D eigenvalue weighted by Crippen LogP contribution is -2.50. The molecule has 2 amide bonds. The Morgan fingerprint density at radius 3 is 2.50 bits per heavy atom. The van der Waals surface area contributed by atoms with Crippen molar-refractivity contribution < 1.29 is 17.9 Å². The Morgan fingerprint density at radius 1 is 1.23 bits per heavy atom. The van der Waals surface area contributed by atoms with E-state index in [9.17, 15) is 13.2 Å². The number of piperazine rings is 1. The van der Waals surface area contributed by atoms with E-state index in [1.54, 1.807) is 4.90 Å². The molecule has 1 atom stereocenters. The first-order valence-corrected chi connectivity index (χ1v) is 11.1. The maximum absolute atomic E-state index is 12.5. The van der Waals surface area contributed by atoms with Crippen LogP contribution in [0.3, 0.4) is 0 Å². The van der Waals surface area contributed by atoms with Crippen LogP contribution in [0, 0.1) is 0 Å². The summed E-state index contributed by atoms with van der Waals surface area (Å²) in [5.41, 5.74) is 0.664. The topological polar surface area (TPSA) is 79.0 Å². The molecule has 1 saturated heterocycles. The van der Waals surface area contributed by atoms with Crippen LogP contribution in [-0.2, 0) is 9.84 Å². The lowest BCUT2D eigenvalue weighted by molar-refractivity contribution is 0.151. The quantitative estimate of drug-likeness (QED) is 0.780. The number of amides is 2. The molecule has 8 heteroatoms. The number of para-hydroxylation sites is 2. The molecule has 0 aliphatic carbocycles. The van der Waals surface area contributed by atoms with Gasteiger partial charge in [-0.05, 0) is 25.5 Å². The summed E-state index contributed by atoms with van der Waals surface area (Å²) in [7, 11) is -2.96. The summed E-state index contributed by atoms with van der Waals surface area (Å²) in [6, 6.07) is 7.27. The van der Waals surface area contributed by atoms with Gasteiger partial charge in [0.05, 0.1) is 17.5 Å². The number of benzene rings is 1. The molecule has 1 aliphatic heterocycles. The Morgan fingerprint density at radius 2 is 1.88 bits per heavy atom. The Hall–Kier alpha value is -1.80. The predicted octanol–water partition coefficient (Wildman–Crippen LogP) is 2.06. The van der Waals surface area contributed by atoms with Crippen LogP contribution in [0.25, 0.3) is 0 Å². The summed E-state index contributed by atoms with van der Waals surface area (Å²) in [6.07, 6.45) is 2.21. The first kappa shape index (κ1) is 20.5. The van der Waals surface area contributed by atoms with Gasteiger partial charge in [-0.25, -0.2) is 13.2 Å². The van der Waals surface area contributed by atoms with E-state index in [-0.39, 0.29) is 17.9 Å². The molecule has 1 aliphatic rings. The van der Waals surface area contributed by atoms with Crippen LogP contribution in [0.5, 0.6) is 5.75 Å². The van der Waals surface area contributed by atoms with Gasteiger partial charge in [0.1, 0.15) is 15.6 Å². The van der Waals surface area contributed by atoms with Crippen molar-refractivity contribution in [3.05, 3.63) is 24.3 Å². The van der Waals surface area contributed by atoms with E-state index in [1.807, 2.05) is 31.2 Å². The van der Waals surface area contributed by atoms with Gasteiger partial charge in [-0.3, -0.25) is 4.90 Å². The Bertz CT molecular complexity index is 700. The lowest BCUT2D eigenvalue weighted by Gasteiger charge is -2.34. The summed E-state index contributed by atoms with van der Waals surface area (Å²) >= 11 is 0. The molecule has 7 nitrogen and oxygen atoms in total. The highest BCUT2D eigenvalue weighted by atomic mass is 32.2. The van der Waals surface area contributed by atoms with Gasteiger partial charge in [0.25, 0.3) is 0 Å². The van der Waals surface area contributed by atoms with Crippen LogP contribution < -0.4 is 10.1 Å². The maximum Gasteiger partial charge on any atom is 0.322 e. The molecule has 0 radical (unpaired) electrons. The number of urea groups is 1. The fraction of sp³-hybridized carbons (Fsp3) is 0.611. The number of sulfone groups is 1. The maximum atomic E-state index is 12.5. The van der Waals surface area contributed by atoms with Crippen LogP contribution >= 0.6 is 0 Å². The predicted molar refractivity (Wildman–Crippen MR) is 104 cm³/mol. The van der Waals surface area contributed by atoms with Gasteiger partial charge in [0, 0.05) is 39.0 Å². The van der Waals surface area contributed by atoms with Gasteiger partial charge in [-0.2, -0.15) is 0 Å². The second-order valence-electron chi connectivity index (χ2n) is 6.72. The monoisotopic (exact) mass is 383 g/mol. The third kappa shape index (κ3) is 6.49. The highest BCUT2D eigenvalue weighted by Crippen LogP contribution is 2.25. The number of nitrogens with one attached hydrogen (secondary N) is 1. The van der Waals surface area contributed by atoms with Crippen LogP contribution in [0.2, 0.25) is 0 Å². The molecule has 1 heterocycles. The number of carbonyl (C=O) groups is 1. The van der Waals surface area contributed by atoms with E-state index in [4.69, 9.17) is 4.74 Å². The van der Waals surface area contributed by atoms with Gasteiger partial charge >= 0.3 is 6.03 Å². The molecule has 26 heavy (non-hydrogen) atoms. The summed E-state index contributed by atoms with van der Waals surface area (Å²) in [5, 5.41) is 2.93. The molecule has 1 aromatic carbocycles. The summed E-state index contributed by atoms with van der Waals surface area (Å²) < 4.78 is 28.4. The number of nitrogens with zero attached hydrogens (tertiary/aromatic N) is 2. The van der Waals surface area contributed by atoms with E-state index in [0.717, 1.165) is 6.42 Å². The number of ether oxygens (including phenoxy) is 1. The second-order valence-corrected chi connectivity index (χ2v) is 8.98. The van der Waals surface area contributed by atoms with E-state index >= 15 is 0 Å². The van der Waals surface area contributed by atoms with Crippen molar-refractivity contribution in [1.29, 1.82) is 0 Å². The molecule has 0 aromatic heterocycles. The van der Waals surface area contributed by atoms with Gasteiger partial charge in [0.2, 0.25) is 0 Å². The number of hydrogen-bond acceptors (Lipinski definition) is 5. The molecule has 1 unspecified atom stereocenters. The number of rotatable bonds is 7. The van der Waals surface area contributed by atoms with E-state index < -0.39 is 9.84 Å². The van der Waals surface area contributed by atoms with Crippen molar-refractivity contribution in [2.45, 2.75) is 26.4 Å². The molecule has 1 fully saturated rings. The molecule has 0 saturated carbocycles. The van der Waals surface area contributed by atoms with Crippen molar-refractivity contribution in [2.75, 3.05) is 50.0 Å². The smallest absolute Gasteiger partial charge is 0.322 e. The van der Waals surface area contributed by atoms with Gasteiger partial charge < -0.3 is 15.0 Å². The molecule has 1 N–H and O–H groups in total. The highest BCUT2D eigenvalue weighted by molar-refractivity contribution is 7.90. The average molecular weight is 384 g/mol. The number of hydrogen-bond donors (Lipinski definition) is 1.